The molecule has 2 aromatic heterocycles. The van der Waals surface area contributed by atoms with Crippen molar-refractivity contribution < 1.29 is 28.7 Å². The van der Waals surface area contributed by atoms with Crippen LogP contribution in [0.1, 0.15) is 23.4 Å². The van der Waals surface area contributed by atoms with Crippen molar-refractivity contribution in [1.82, 2.24) is 24.6 Å². The number of nitrogen functional groups attached to an aromatic ring is 1. The normalized spacial score (nSPS) is 17.8. The molecule has 0 spiro atoms. The molecule has 6 rings (SSSR count). The van der Waals surface area contributed by atoms with E-state index >= 15 is 0 Å². The number of alkyl halides is 1. The fourth-order valence-electron chi connectivity index (χ4n) is 4.53. The molecular formula is C28H24IN7O6S4. The highest BCUT2D eigenvalue weighted by Crippen LogP contribution is 2.49. The molecule has 2 aliphatic rings. The van der Waals surface area contributed by atoms with Crippen LogP contribution in [-0.4, -0.2) is 67.7 Å². The lowest BCUT2D eigenvalue weighted by molar-refractivity contribution is -0.150. The van der Waals surface area contributed by atoms with E-state index < -0.39 is 22.6 Å². The first-order valence-electron chi connectivity index (χ1n) is 13.4. The van der Waals surface area contributed by atoms with Gasteiger partial charge in [0.1, 0.15) is 30.5 Å². The molecule has 2 amide bonds. The van der Waals surface area contributed by atoms with E-state index in [-0.39, 0.29) is 41.3 Å². The molecule has 2 atom stereocenters. The van der Waals surface area contributed by atoms with Crippen molar-refractivity contribution in [3.63, 3.8) is 0 Å². The first-order valence-corrected chi connectivity index (χ1v) is 18.3. The number of esters is 1. The van der Waals surface area contributed by atoms with Crippen LogP contribution in [0.5, 0.6) is 5.75 Å². The maximum atomic E-state index is 13.9. The summed E-state index contributed by atoms with van der Waals surface area (Å²) >= 11 is 7.17. The van der Waals surface area contributed by atoms with Gasteiger partial charge in [0.15, 0.2) is 9.47 Å². The Hall–Kier alpha value is -3.46. The number of methoxy groups -OCH3 is 1. The van der Waals surface area contributed by atoms with Crippen LogP contribution in [0.4, 0.5) is 5.13 Å². The Labute approximate surface area is 292 Å². The molecule has 1 saturated heterocycles. The number of anilines is 1. The highest BCUT2D eigenvalue weighted by Gasteiger charge is 2.50. The second-order valence-corrected chi connectivity index (χ2v) is 14.8. The van der Waals surface area contributed by atoms with Gasteiger partial charge < -0.3 is 25.4 Å². The number of nitrogens with zero attached hydrogens (tertiary/aromatic N) is 5. The summed E-state index contributed by atoms with van der Waals surface area (Å²) in [6.45, 7) is -0.0388. The number of β-lactam (4-membered cyclic amide) rings is 1. The predicted octanol–water partition coefficient (Wildman–Crippen LogP) is 4.52. The molecule has 4 aromatic rings. The Morgan fingerprint density at radius 3 is 2.63 bits per heavy atom. The summed E-state index contributed by atoms with van der Waals surface area (Å²) < 4.78 is 17.5. The quantitative estimate of drug-likeness (QED) is 0.0543. The number of carbonyl (C=O) groups is 3. The van der Waals surface area contributed by atoms with Gasteiger partial charge in [0.05, 0.1) is 34.0 Å². The fourth-order valence-corrected chi connectivity index (χ4v) is 9.22. The van der Waals surface area contributed by atoms with Crippen LogP contribution in [0.15, 0.2) is 62.6 Å². The maximum Gasteiger partial charge on any atom is 0.356 e. The molecule has 4 heterocycles. The lowest BCUT2D eigenvalue weighted by Crippen LogP contribution is -2.57. The SMILES string of the molecule is CON=C(C(=O)NC1S[C@H]2CC(=O)N2C(C(=O)OCc2ccc(OC)cc2)=C1Sc1nc2cc(CI)ccc2s1)c1nsc(N)n1. The summed E-state index contributed by atoms with van der Waals surface area (Å²) in [6, 6.07) is 13.2. The van der Waals surface area contributed by atoms with Crippen LogP contribution in [0.25, 0.3) is 10.2 Å². The average molecular weight is 810 g/mol. The molecule has 1 unspecified atom stereocenters. The highest BCUT2D eigenvalue weighted by molar-refractivity contribution is 14.1. The van der Waals surface area contributed by atoms with Gasteiger partial charge in [-0.15, -0.1) is 23.1 Å². The summed E-state index contributed by atoms with van der Waals surface area (Å²) in [7, 11) is 2.86. The zero-order chi connectivity index (χ0) is 32.4. The van der Waals surface area contributed by atoms with Crippen molar-refractivity contribution in [3.8, 4) is 5.75 Å². The van der Waals surface area contributed by atoms with Crippen molar-refractivity contribution in [1.29, 1.82) is 0 Å². The van der Waals surface area contributed by atoms with Crippen LogP contribution < -0.4 is 15.8 Å². The lowest BCUT2D eigenvalue weighted by atomic mass is 10.1. The zero-order valence-corrected chi connectivity index (χ0v) is 29.5. The number of aromatic nitrogens is 3. The van der Waals surface area contributed by atoms with Gasteiger partial charge in [0, 0.05) is 16.0 Å². The third-order valence-corrected chi connectivity index (χ3v) is 11.9. The minimum atomic E-state index is -0.787. The summed E-state index contributed by atoms with van der Waals surface area (Å²) in [5.41, 5.74) is 8.29. The summed E-state index contributed by atoms with van der Waals surface area (Å²) in [4.78, 5) is 56.0. The van der Waals surface area contributed by atoms with Crippen molar-refractivity contribution >= 4 is 108 Å². The molecule has 0 bridgehead atoms. The molecule has 46 heavy (non-hydrogen) atoms. The fraction of sp³-hybridized carbons (Fsp3) is 0.250. The van der Waals surface area contributed by atoms with E-state index in [1.54, 1.807) is 31.4 Å². The van der Waals surface area contributed by atoms with Gasteiger partial charge in [0.25, 0.3) is 5.91 Å². The number of nitrogens with one attached hydrogen (secondary N) is 1. The molecule has 18 heteroatoms. The Bertz CT molecular complexity index is 1880. The smallest absolute Gasteiger partial charge is 0.356 e. The molecule has 0 aliphatic carbocycles. The Balaban J connectivity index is 1.37. The molecule has 238 valence electrons. The molecule has 3 N–H and O–H groups in total. The number of amides is 2. The third kappa shape index (κ3) is 6.80. The Morgan fingerprint density at radius 1 is 1.17 bits per heavy atom. The van der Waals surface area contributed by atoms with Crippen LogP contribution >= 0.6 is 69.0 Å². The minimum absolute atomic E-state index is 0.00217. The number of halogens is 1. The summed E-state index contributed by atoms with van der Waals surface area (Å²) in [6.07, 6.45) is 0.188. The van der Waals surface area contributed by atoms with E-state index in [1.807, 2.05) is 18.2 Å². The molecule has 2 aromatic carbocycles. The van der Waals surface area contributed by atoms with Crippen molar-refractivity contribution in [3.05, 3.63) is 70.0 Å². The minimum Gasteiger partial charge on any atom is -0.497 e. The highest BCUT2D eigenvalue weighted by atomic mass is 127. The number of thiazole rings is 1. The van der Waals surface area contributed by atoms with Crippen molar-refractivity contribution in [2.45, 2.75) is 32.5 Å². The van der Waals surface area contributed by atoms with Crippen LogP contribution in [0, 0.1) is 0 Å². The molecule has 0 saturated carbocycles. The topological polar surface area (TPSA) is 171 Å². The number of hydrogen-bond donors (Lipinski definition) is 2. The molecule has 1 fully saturated rings. The zero-order valence-electron chi connectivity index (χ0n) is 24.1. The monoisotopic (exact) mass is 809 g/mol. The van der Waals surface area contributed by atoms with E-state index in [1.165, 1.54) is 46.9 Å². The van der Waals surface area contributed by atoms with Crippen molar-refractivity contribution in [2.75, 3.05) is 20.0 Å². The number of rotatable bonds is 11. The standard InChI is InChI=1S/C28H24IN7O6S4/c1-40-15-6-3-13(4-7-15)12-42-26(39)21-22(45-28-31-16-9-14(11-29)5-8-17(16)43-28)25(44-19-10-18(37)36(19)21)33-24(38)20(34-41-2)23-32-27(30)46-35-23/h3-9,19,25H,10-12H2,1-2H3,(H,33,38)(H2,30,32,35)/t19-,25?/m0/s1. The summed E-state index contributed by atoms with van der Waals surface area (Å²) in [5, 5.41) is 5.75. The first kappa shape index (κ1) is 32.5. The van der Waals surface area contributed by atoms with Gasteiger partial charge in [-0.3, -0.25) is 14.5 Å². The van der Waals surface area contributed by atoms with Gasteiger partial charge in [-0.05, 0) is 35.4 Å². The van der Waals surface area contributed by atoms with Gasteiger partial charge >= 0.3 is 5.97 Å². The number of thioether (sulfide) groups is 2. The second kappa shape index (κ2) is 14.1. The number of nitrogens with two attached hydrogens (primary N) is 1. The number of benzene rings is 2. The molecular weight excluding hydrogens is 786 g/mol. The predicted molar refractivity (Wildman–Crippen MR) is 186 cm³/mol. The van der Waals surface area contributed by atoms with E-state index in [4.69, 9.17) is 25.0 Å². The van der Waals surface area contributed by atoms with Gasteiger partial charge in [-0.1, -0.05) is 57.7 Å². The van der Waals surface area contributed by atoms with Gasteiger partial charge in [0.2, 0.25) is 17.4 Å². The lowest BCUT2D eigenvalue weighted by Gasteiger charge is -2.46. The number of hydrogen-bond acceptors (Lipinski definition) is 15. The van der Waals surface area contributed by atoms with E-state index in [0.717, 1.165) is 37.3 Å². The number of ether oxygens (including phenoxy) is 2. The van der Waals surface area contributed by atoms with Gasteiger partial charge in [-0.2, -0.15) is 9.36 Å². The third-order valence-electron chi connectivity index (χ3n) is 6.73. The largest absolute Gasteiger partial charge is 0.497 e. The Morgan fingerprint density at radius 2 is 1.96 bits per heavy atom. The number of oxime groups is 1. The Kier molecular flexibility index (Phi) is 9.97. The van der Waals surface area contributed by atoms with Crippen LogP contribution in [0.3, 0.4) is 0 Å². The molecule has 0 radical (unpaired) electrons. The van der Waals surface area contributed by atoms with Crippen LogP contribution in [0.2, 0.25) is 0 Å². The number of carbonyl (C=O) groups excluding carboxylic acids is 3. The average Bonchev–Trinajstić information content (AvgIpc) is 3.67. The maximum absolute atomic E-state index is 13.9. The summed E-state index contributed by atoms with van der Waals surface area (Å²) in [5.74, 6) is -0.920. The van der Waals surface area contributed by atoms with E-state index in [2.05, 4.69) is 42.4 Å². The number of fused-ring (bicyclic) bond motifs is 2. The first-order chi connectivity index (χ1) is 22.3. The van der Waals surface area contributed by atoms with E-state index in [0.29, 0.717) is 15.0 Å². The molecule has 13 nitrogen and oxygen atoms in total. The molecule has 2 aliphatic heterocycles. The van der Waals surface area contributed by atoms with Gasteiger partial charge in [-0.25, -0.2) is 9.78 Å². The van der Waals surface area contributed by atoms with Crippen molar-refractivity contribution in [2.24, 2.45) is 5.16 Å². The van der Waals surface area contributed by atoms with Crippen LogP contribution in [-0.2, 0) is 35.0 Å². The second-order valence-electron chi connectivity index (χ2n) is 9.65. The van der Waals surface area contributed by atoms with E-state index in [9.17, 15) is 14.4 Å².